The summed E-state index contributed by atoms with van der Waals surface area (Å²) in [7, 11) is 0. The highest BCUT2D eigenvalue weighted by Gasteiger charge is 2.16. The van der Waals surface area contributed by atoms with E-state index in [1.165, 1.54) is 6.42 Å². The summed E-state index contributed by atoms with van der Waals surface area (Å²) in [6, 6.07) is 1.67. The SMILES string of the molecule is Cc1ncc(N)cc1C(=O)NN1CCCCC1. The Balaban J connectivity index is 2.05. The summed E-state index contributed by atoms with van der Waals surface area (Å²) < 4.78 is 0. The van der Waals surface area contributed by atoms with E-state index in [0.717, 1.165) is 25.9 Å². The number of carbonyl (C=O) groups excluding carboxylic acids is 1. The number of aromatic nitrogens is 1. The van der Waals surface area contributed by atoms with Gasteiger partial charge in [-0.25, -0.2) is 5.01 Å². The number of hydrazine groups is 1. The van der Waals surface area contributed by atoms with Crippen LogP contribution in [0.4, 0.5) is 5.69 Å². The van der Waals surface area contributed by atoms with E-state index in [0.29, 0.717) is 16.9 Å². The van der Waals surface area contributed by atoms with Gasteiger partial charge in [-0.15, -0.1) is 0 Å². The second-order valence-electron chi connectivity index (χ2n) is 4.39. The average Bonchev–Trinajstić information content (AvgIpc) is 2.33. The van der Waals surface area contributed by atoms with Crippen molar-refractivity contribution in [2.45, 2.75) is 26.2 Å². The number of nitrogens with zero attached hydrogens (tertiary/aromatic N) is 2. The number of nitrogen functional groups attached to an aromatic ring is 1. The molecule has 5 heteroatoms. The average molecular weight is 234 g/mol. The number of carbonyl (C=O) groups is 1. The second kappa shape index (κ2) is 5.14. The zero-order valence-corrected chi connectivity index (χ0v) is 10.1. The Morgan fingerprint density at radius 3 is 2.82 bits per heavy atom. The first kappa shape index (κ1) is 11.9. The third kappa shape index (κ3) is 2.94. The van der Waals surface area contributed by atoms with E-state index in [9.17, 15) is 4.79 Å². The van der Waals surface area contributed by atoms with Gasteiger partial charge in [0.2, 0.25) is 0 Å². The van der Waals surface area contributed by atoms with Gasteiger partial charge in [-0.05, 0) is 25.8 Å². The van der Waals surface area contributed by atoms with Crippen molar-refractivity contribution in [3.63, 3.8) is 0 Å². The standard InChI is InChI=1S/C12H18N4O/c1-9-11(7-10(13)8-14-9)12(17)15-16-5-3-2-4-6-16/h7-8H,2-6,13H2,1H3,(H,15,17). The molecule has 0 unspecified atom stereocenters. The number of nitrogens with two attached hydrogens (primary N) is 1. The van der Waals surface area contributed by atoms with Crippen LogP contribution in [0, 0.1) is 6.92 Å². The van der Waals surface area contributed by atoms with Crippen LogP contribution in [-0.2, 0) is 0 Å². The van der Waals surface area contributed by atoms with E-state index < -0.39 is 0 Å². The van der Waals surface area contributed by atoms with Crippen molar-refractivity contribution in [3.8, 4) is 0 Å². The van der Waals surface area contributed by atoms with E-state index in [1.807, 2.05) is 11.9 Å². The van der Waals surface area contributed by atoms with Gasteiger partial charge in [-0.1, -0.05) is 6.42 Å². The van der Waals surface area contributed by atoms with Gasteiger partial charge < -0.3 is 5.73 Å². The Hall–Kier alpha value is -1.62. The van der Waals surface area contributed by atoms with E-state index in [-0.39, 0.29) is 5.91 Å². The van der Waals surface area contributed by atoms with Crippen LogP contribution in [0.3, 0.4) is 0 Å². The van der Waals surface area contributed by atoms with Gasteiger partial charge in [0, 0.05) is 13.1 Å². The molecule has 17 heavy (non-hydrogen) atoms. The number of hydrogen-bond donors (Lipinski definition) is 2. The molecule has 2 heterocycles. The highest BCUT2D eigenvalue weighted by atomic mass is 16.2. The first-order valence-electron chi connectivity index (χ1n) is 5.95. The molecular weight excluding hydrogens is 216 g/mol. The minimum atomic E-state index is -0.121. The Kier molecular flexibility index (Phi) is 3.58. The molecule has 1 aliphatic heterocycles. The van der Waals surface area contributed by atoms with Gasteiger partial charge in [0.05, 0.1) is 23.1 Å². The molecule has 0 bridgehead atoms. The molecule has 1 saturated heterocycles. The Bertz CT molecular complexity index is 413. The summed E-state index contributed by atoms with van der Waals surface area (Å²) in [5.41, 5.74) is 10.3. The second-order valence-corrected chi connectivity index (χ2v) is 4.39. The number of hydrogen-bond acceptors (Lipinski definition) is 4. The molecule has 0 spiro atoms. The predicted octanol–water partition coefficient (Wildman–Crippen LogP) is 1.10. The van der Waals surface area contributed by atoms with Crippen LogP contribution in [0.25, 0.3) is 0 Å². The first-order valence-corrected chi connectivity index (χ1v) is 5.95. The maximum Gasteiger partial charge on any atom is 0.267 e. The lowest BCUT2D eigenvalue weighted by molar-refractivity contribution is 0.0749. The van der Waals surface area contributed by atoms with Crippen LogP contribution in [0.1, 0.15) is 35.3 Å². The van der Waals surface area contributed by atoms with Crippen LogP contribution < -0.4 is 11.2 Å². The minimum absolute atomic E-state index is 0.121. The molecule has 1 fully saturated rings. The molecular formula is C12H18N4O. The number of anilines is 1. The fourth-order valence-corrected chi connectivity index (χ4v) is 1.99. The largest absolute Gasteiger partial charge is 0.397 e. The molecule has 5 nitrogen and oxygen atoms in total. The summed E-state index contributed by atoms with van der Waals surface area (Å²) in [6.07, 6.45) is 5.07. The highest BCUT2D eigenvalue weighted by molar-refractivity contribution is 5.95. The van der Waals surface area contributed by atoms with Crippen LogP contribution >= 0.6 is 0 Å². The molecule has 0 atom stereocenters. The number of pyridine rings is 1. The molecule has 1 aliphatic rings. The third-order valence-electron chi connectivity index (χ3n) is 2.97. The summed E-state index contributed by atoms with van der Waals surface area (Å²) in [6.45, 7) is 3.64. The highest BCUT2D eigenvalue weighted by Crippen LogP contribution is 2.11. The van der Waals surface area contributed by atoms with Crippen molar-refractivity contribution < 1.29 is 4.79 Å². The van der Waals surface area contributed by atoms with Crippen molar-refractivity contribution in [2.75, 3.05) is 18.8 Å². The topological polar surface area (TPSA) is 71.2 Å². The number of rotatable bonds is 2. The van der Waals surface area contributed by atoms with E-state index in [1.54, 1.807) is 12.3 Å². The predicted molar refractivity (Wildman–Crippen MR) is 66.3 cm³/mol. The minimum Gasteiger partial charge on any atom is -0.397 e. The fraction of sp³-hybridized carbons (Fsp3) is 0.500. The number of nitrogens with one attached hydrogen (secondary N) is 1. The third-order valence-corrected chi connectivity index (χ3v) is 2.97. The number of piperidine rings is 1. The van der Waals surface area contributed by atoms with Crippen molar-refractivity contribution >= 4 is 11.6 Å². The monoisotopic (exact) mass is 234 g/mol. The maximum absolute atomic E-state index is 12.0. The van der Waals surface area contributed by atoms with E-state index in [4.69, 9.17) is 5.73 Å². The normalized spacial score (nSPS) is 16.8. The zero-order valence-electron chi connectivity index (χ0n) is 10.1. The van der Waals surface area contributed by atoms with Crippen LogP contribution in [0.15, 0.2) is 12.3 Å². The molecule has 1 amide bonds. The lowest BCUT2D eigenvalue weighted by Crippen LogP contribution is -2.45. The van der Waals surface area contributed by atoms with Crippen LogP contribution in [-0.4, -0.2) is 29.0 Å². The van der Waals surface area contributed by atoms with Crippen molar-refractivity contribution in [2.24, 2.45) is 0 Å². The van der Waals surface area contributed by atoms with Gasteiger partial charge in [0.15, 0.2) is 0 Å². The van der Waals surface area contributed by atoms with Crippen molar-refractivity contribution in [3.05, 3.63) is 23.5 Å². The molecule has 0 radical (unpaired) electrons. The molecule has 3 N–H and O–H groups in total. The van der Waals surface area contributed by atoms with E-state index in [2.05, 4.69) is 10.4 Å². The molecule has 0 aromatic carbocycles. The lowest BCUT2D eigenvalue weighted by atomic mass is 10.1. The van der Waals surface area contributed by atoms with Gasteiger partial charge >= 0.3 is 0 Å². The number of amides is 1. The Labute approximate surface area is 101 Å². The van der Waals surface area contributed by atoms with Gasteiger partial charge in [0.1, 0.15) is 0 Å². The molecule has 1 aromatic heterocycles. The summed E-state index contributed by atoms with van der Waals surface area (Å²) in [5, 5.41) is 1.97. The van der Waals surface area contributed by atoms with Gasteiger partial charge in [0.25, 0.3) is 5.91 Å². The van der Waals surface area contributed by atoms with Gasteiger partial charge in [-0.3, -0.25) is 15.2 Å². The molecule has 92 valence electrons. The molecule has 0 saturated carbocycles. The summed E-state index contributed by atoms with van der Waals surface area (Å²) >= 11 is 0. The van der Waals surface area contributed by atoms with Crippen LogP contribution in [0.5, 0.6) is 0 Å². The zero-order chi connectivity index (χ0) is 12.3. The molecule has 0 aliphatic carbocycles. The fourth-order valence-electron chi connectivity index (χ4n) is 1.99. The summed E-state index contributed by atoms with van der Waals surface area (Å²) in [5.74, 6) is -0.121. The molecule has 1 aromatic rings. The van der Waals surface area contributed by atoms with Gasteiger partial charge in [-0.2, -0.15) is 0 Å². The Morgan fingerprint density at radius 2 is 2.12 bits per heavy atom. The first-order chi connectivity index (χ1) is 8.16. The quantitative estimate of drug-likeness (QED) is 0.804. The van der Waals surface area contributed by atoms with Crippen molar-refractivity contribution in [1.29, 1.82) is 0 Å². The molecule has 2 rings (SSSR count). The van der Waals surface area contributed by atoms with Crippen molar-refractivity contribution in [1.82, 2.24) is 15.4 Å². The summed E-state index contributed by atoms with van der Waals surface area (Å²) in [4.78, 5) is 16.1. The number of aryl methyl sites for hydroxylation is 1. The Morgan fingerprint density at radius 1 is 1.41 bits per heavy atom. The van der Waals surface area contributed by atoms with Crippen LogP contribution in [0.2, 0.25) is 0 Å². The maximum atomic E-state index is 12.0. The lowest BCUT2D eigenvalue weighted by Gasteiger charge is -2.27. The smallest absolute Gasteiger partial charge is 0.267 e. The van der Waals surface area contributed by atoms with E-state index >= 15 is 0 Å².